The number of nitrogens with zero attached hydrogens (tertiary/aromatic N) is 1. The van der Waals surface area contributed by atoms with E-state index in [1.807, 2.05) is 0 Å². The zero-order valence-electron chi connectivity index (χ0n) is 14.7. The van der Waals surface area contributed by atoms with Crippen molar-refractivity contribution in [3.63, 3.8) is 0 Å². The van der Waals surface area contributed by atoms with Gasteiger partial charge in [0.2, 0.25) is 0 Å². The number of ether oxygens (including phenoxy) is 2. The van der Waals surface area contributed by atoms with Crippen LogP contribution >= 0.6 is 0 Å². The summed E-state index contributed by atoms with van der Waals surface area (Å²) in [6.07, 6.45) is -1.13. The van der Waals surface area contributed by atoms with E-state index in [0.29, 0.717) is 5.56 Å². The summed E-state index contributed by atoms with van der Waals surface area (Å²) in [7, 11) is -2.88. The number of rotatable bonds is 4. The summed E-state index contributed by atoms with van der Waals surface area (Å²) in [6.45, 7) is 1.35. The van der Waals surface area contributed by atoms with Gasteiger partial charge >= 0.3 is 5.97 Å². The van der Waals surface area contributed by atoms with Crippen LogP contribution in [0.3, 0.4) is 0 Å². The van der Waals surface area contributed by atoms with Gasteiger partial charge < -0.3 is 15.2 Å². The first-order valence-electron chi connectivity index (χ1n) is 8.02. The minimum atomic E-state index is -4.10. The van der Waals surface area contributed by atoms with Crippen molar-refractivity contribution < 1.29 is 27.5 Å². The lowest BCUT2D eigenvalue weighted by Crippen LogP contribution is -2.49. The molecule has 0 fully saturated rings. The Labute approximate surface area is 156 Å². The standard InChI is InChI=1S/C18H18N2O6S/c1-11-7-8-12(18(22)25-2)9-16(11)27(23,24)20-10-15(17(19)21)26-14-6-4-3-5-13(14)20/h3-9,15H,10H2,1-2H3,(H2,19,21)/t15-/m1/s1. The molecule has 0 spiro atoms. The van der Waals surface area contributed by atoms with Crippen molar-refractivity contribution in [3.8, 4) is 5.75 Å². The molecule has 0 saturated carbocycles. The molecule has 0 aromatic heterocycles. The number of fused-ring (bicyclic) bond motifs is 1. The number of primary amides is 1. The summed E-state index contributed by atoms with van der Waals surface area (Å²) in [5, 5.41) is 0. The van der Waals surface area contributed by atoms with Crippen molar-refractivity contribution >= 4 is 27.6 Å². The summed E-state index contributed by atoms with van der Waals surface area (Å²) in [5.41, 5.74) is 6.18. The summed E-state index contributed by atoms with van der Waals surface area (Å²) < 4.78 is 38.0. The molecule has 3 rings (SSSR count). The van der Waals surface area contributed by atoms with Gasteiger partial charge in [-0.25, -0.2) is 13.2 Å². The second kappa shape index (κ2) is 6.92. The average Bonchev–Trinajstić information content (AvgIpc) is 2.66. The van der Waals surface area contributed by atoms with Crippen molar-refractivity contribution in [3.05, 3.63) is 53.6 Å². The van der Waals surface area contributed by atoms with Gasteiger partial charge in [-0.05, 0) is 36.8 Å². The highest BCUT2D eigenvalue weighted by atomic mass is 32.2. The molecule has 27 heavy (non-hydrogen) atoms. The highest BCUT2D eigenvalue weighted by Gasteiger charge is 2.37. The van der Waals surface area contributed by atoms with Gasteiger partial charge in [0.1, 0.15) is 5.75 Å². The predicted molar refractivity (Wildman–Crippen MR) is 97.1 cm³/mol. The number of nitrogens with two attached hydrogens (primary N) is 1. The first kappa shape index (κ1) is 18.7. The Morgan fingerprint density at radius 2 is 1.93 bits per heavy atom. The molecule has 0 bridgehead atoms. The van der Waals surface area contributed by atoms with Gasteiger partial charge in [0, 0.05) is 0 Å². The van der Waals surface area contributed by atoms with Gasteiger partial charge in [0.25, 0.3) is 15.9 Å². The summed E-state index contributed by atoms with van der Waals surface area (Å²) in [5.74, 6) is -1.19. The van der Waals surface area contributed by atoms with Gasteiger partial charge in [-0.15, -0.1) is 0 Å². The van der Waals surface area contributed by atoms with E-state index in [0.717, 1.165) is 4.31 Å². The Morgan fingerprint density at radius 1 is 1.22 bits per heavy atom. The number of sulfonamides is 1. The van der Waals surface area contributed by atoms with Gasteiger partial charge in [0.05, 0.1) is 29.8 Å². The fourth-order valence-electron chi connectivity index (χ4n) is 2.82. The molecule has 8 nitrogen and oxygen atoms in total. The third-order valence-electron chi connectivity index (χ3n) is 4.23. The van der Waals surface area contributed by atoms with Crippen LogP contribution in [-0.2, 0) is 19.6 Å². The van der Waals surface area contributed by atoms with Crippen LogP contribution in [0, 0.1) is 6.92 Å². The Morgan fingerprint density at radius 3 is 2.59 bits per heavy atom. The molecule has 2 aromatic carbocycles. The van der Waals surface area contributed by atoms with E-state index >= 15 is 0 Å². The number of para-hydroxylation sites is 2. The van der Waals surface area contributed by atoms with Gasteiger partial charge in [0.15, 0.2) is 6.10 Å². The number of methoxy groups -OCH3 is 1. The molecule has 9 heteroatoms. The number of aryl methyl sites for hydroxylation is 1. The van der Waals surface area contributed by atoms with Crippen LogP contribution in [0.1, 0.15) is 15.9 Å². The maximum atomic E-state index is 13.4. The molecular weight excluding hydrogens is 372 g/mol. The fraction of sp³-hybridized carbons (Fsp3) is 0.222. The van der Waals surface area contributed by atoms with Crippen LogP contribution in [-0.4, -0.2) is 40.1 Å². The van der Waals surface area contributed by atoms with Crippen molar-refractivity contribution in [2.45, 2.75) is 17.9 Å². The first-order valence-corrected chi connectivity index (χ1v) is 9.46. The lowest BCUT2D eigenvalue weighted by molar-refractivity contribution is -0.124. The van der Waals surface area contributed by atoms with Gasteiger partial charge in [-0.3, -0.25) is 9.10 Å². The SMILES string of the molecule is COC(=O)c1ccc(C)c(S(=O)(=O)N2C[C@H](C(N)=O)Oc3ccccc32)c1. The lowest BCUT2D eigenvalue weighted by Gasteiger charge is -2.34. The number of hydrogen-bond donors (Lipinski definition) is 1. The molecule has 2 N–H and O–H groups in total. The highest BCUT2D eigenvalue weighted by molar-refractivity contribution is 7.93. The third-order valence-corrected chi connectivity index (χ3v) is 6.15. The van der Waals surface area contributed by atoms with Crippen LogP contribution in [0.15, 0.2) is 47.4 Å². The number of carbonyl (C=O) groups is 2. The molecule has 1 atom stereocenters. The molecule has 0 saturated heterocycles. The molecule has 1 heterocycles. The summed E-state index contributed by atoms with van der Waals surface area (Å²) in [6, 6.07) is 10.7. The molecule has 1 aliphatic rings. The lowest BCUT2D eigenvalue weighted by atomic mass is 10.1. The molecule has 0 unspecified atom stereocenters. The highest BCUT2D eigenvalue weighted by Crippen LogP contribution is 2.37. The number of benzene rings is 2. The second-order valence-corrected chi connectivity index (χ2v) is 7.82. The van der Waals surface area contributed by atoms with Crippen molar-refractivity contribution in [1.29, 1.82) is 0 Å². The Bertz CT molecular complexity index is 1020. The summed E-state index contributed by atoms with van der Waals surface area (Å²) in [4.78, 5) is 23.4. The van der Waals surface area contributed by atoms with Gasteiger partial charge in [-0.2, -0.15) is 0 Å². The van der Waals surface area contributed by atoms with Crippen LogP contribution in [0.4, 0.5) is 5.69 Å². The monoisotopic (exact) mass is 390 g/mol. The van der Waals surface area contributed by atoms with Crippen molar-refractivity contribution in [1.82, 2.24) is 0 Å². The fourth-order valence-corrected chi connectivity index (χ4v) is 4.55. The van der Waals surface area contributed by atoms with Crippen LogP contribution in [0.25, 0.3) is 0 Å². The number of anilines is 1. The van der Waals surface area contributed by atoms with Crippen molar-refractivity contribution in [2.75, 3.05) is 18.0 Å². The Hall–Kier alpha value is -3.07. The van der Waals surface area contributed by atoms with E-state index in [-0.39, 0.29) is 28.4 Å². The molecular formula is C18H18N2O6S. The number of carbonyl (C=O) groups excluding carboxylic acids is 2. The van der Waals surface area contributed by atoms with E-state index in [4.69, 9.17) is 10.5 Å². The molecule has 0 radical (unpaired) electrons. The van der Waals surface area contributed by atoms with E-state index < -0.39 is 28.0 Å². The second-order valence-electron chi connectivity index (χ2n) is 5.98. The van der Waals surface area contributed by atoms with Crippen LogP contribution in [0.5, 0.6) is 5.75 Å². The quantitative estimate of drug-likeness (QED) is 0.785. The zero-order valence-corrected chi connectivity index (χ0v) is 15.5. The van der Waals surface area contributed by atoms with E-state index in [9.17, 15) is 18.0 Å². The largest absolute Gasteiger partial charge is 0.476 e. The smallest absolute Gasteiger partial charge is 0.337 e. The molecule has 142 valence electrons. The molecule has 2 aromatic rings. The number of hydrogen-bond acceptors (Lipinski definition) is 6. The summed E-state index contributed by atoms with van der Waals surface area (Å²) >= 11 is 0. The average molecular weight is 390 g/mol. The Balaban J connectivity index is 2.14. The number of esters is 1. The molecule has 1 aliphatic heterocycles. The van der Waals surface area contributed by atoms with Crippen LogP contribution in [0.2, 0.25) is 0 Å². The van der Waals surface area contributed by atoms with Crippen molar-refractivity contribution in [2.24, 2.45) is 5.73 Å². The minimum absolute atomic E-state index is 0.0645. The number of amides is 1. The van der Waals surface area contributed by atoms with E-state index in [1.54, 1.807) is 31.2 Å². The third kappa shape index (κ3) is 3.33. The predicted octanol–water partition coefficient (Wildman–Crippen LogP) is 1.22. The molecule has 0 aliphatic carbocycles. The van der Waals surface area contributed by atoms with Crippen LogP contribution < -0.4 is 14.8 Å². The maximum absolute atomic E-state index is 13.4. The zero-order chi connectivity index (χ0) is 19.8. The van der Waals surface area contributed by atoms with E-state index in [2.05, 4.69) is 4.74 Å². The first-order chi connectivity index (χ1) is 12.8. The maximum Gasteiger partial charge on any atom is 0.337 e. The van der Waals surface area contributed by atoms with E-state index in [1.165, 1.54) is 25.3 Å². The topological polar surface area (TPSA) is 116 Å². The van der Waals surface area contributed by atoms with Gasteiger partial charge in [-0.1, -0.05) is 18.2 Å². The normalized spacial score (nSPS) is 16.2. The molecule has 1 amide bonds. The minimum Gasteiger partial charge on any atom is -0.476 e. The Kier molecular flexibility index (Phi) is 4.79.